The summed E-state index contributed by atoms with van der Waals surface area (Å²) in [7, 11) is 0. The standard InChI is InChI=1S/C11H13ClN4OS/c12-5-8-7-18-10(13-8)6-16-11(17)15-4-2-1-3-9(15)14-16/h7H,1-6H2. The molecule has 0 amide bonds. The van der Waals surface area contributed by atoms with Gasteiger partial charge in [-0.05, 0) is 12.8 Å². The Balaban J connectivity index is 1.88. The van der Waals surface area contributed by atoms with Crippen molar-refractivity contribution in [1.82, 2.24) is 19.3 Å². The third kappa shape index (κ3) is 2.10. The van der Waals surface area contributed by atoms with Crippen LogP contribution in [-0.4, -0.2) is 19.3 Å². The van der Waals surface area contributed by atoms with Gasteiger partial charge in [-0.15, -0.1) is 22.9 Å². The molecule has 0 aliphatic carbocycles. The first-order chi connectivity index (χ1) is 8.78. The summed E-state index contributed by atoms with van der Waals surface area (Å²) in [6.07, 6.45) is 3.07. The van der Waals surface area contributed by atoms with Gasteiger partial charge in [0.15, 0.2) is 0 Å². The minimum absolute atomic E-state index is 0.0210. The van der Waals surface area contributed by atoms with E-state index in [2.05, 4.69) is 10.1 Å². The SMILES string of the molecule is O=c1n(Cc2nc(CCl)cs2)nc2n1CCCC2. The predicted molar refractivity (Wildman–Crippen MR) is 70.2 cm³/mol. The fourth-order valence-electron chi connectivity index (χ4n) is 2.16. The molecule has 0 fully saturated rings. The Kier molecular flexibility index (Phi) is 3.22. The lowest BCUT2D eigenvalue weighted by Gasteiger charge is -2.09. The number of thiazole rings is 1. The molecule has 0 unspecified atom stereocenters. The fourth-order valence-corrected chi connectivity index (χ4v) is 3.17. The molecule has 0 saturated carbocycles. The number of aromatic nitrogens is 4. The van der Waals surface area contributed by atoms with Gasteiger partial charge < -0.3 is 0 Å². The average molecular weight is 285 g/mol. The molecule has 0 radical (unpaired) electrons. The highest BCUT2D eigenvalue weighted by molar-refractivity contribution is 7.09. The molecular weight excluding hydrogens is 272 g/mol. The highest BCUT2D eigenvalue weighted by atomic mass is 35.5. The number of hydrogen-bond donors (Lipinski definition) is 0. The van der Waals surface area contributed by atoms with Crippen LogP contribution in [0, 0.1) is 0 Å². The first kappa shape index (κ1) is 11.9. The van der Waals surface area contributed by atoms with Gasteiger partial charge >= 0.3 is 5.69 Å². The van der Waals surface area contributed by atoms with Crippen molar-refractivity contribution in [2.24, 2.45) is 0 Å². The van der Waals surface area contributed by atoms with Crippen LogP contribution in [0.15, 0.2) is 10.2 Å². The van der Waals surface area contributed by atoms with Crippen LogP contribution in [0.1, 0.15) is 29.4 Å². The minimum Gasteiger partial charge on any atom is -0.279 e. The first-order valence-corrected chi connectivity index (χ1v) is 7.35. The number of fused-ring (bicyclic) bond motifs is 1. The highest BCUT2D eigenvalue weighted by Gasteiger charge is 2.17. The van der Waals surface area contributed by atoms with Crippen molar-refractivity contribution in [1.29, 1.82) is 0 Å². The number of halogens is 1. The summed E-state index contributed by atoms with van der Waals surface area (Å²) < 4.78 is 3.29. The molecular formula is C11H13ClN4OS. The van der Waals surface area contributed by atoms with E-state index in [0.29, 0.717) is 12.4 Å². The van der Waals surface area contributed by atoms with Gasteiger partial charge in [-0.2, -0.15) is 5.10 Å². The van der Waals surface area contributed by atoms with Crippen molar-refractivity contribution in [3.05, 3.63) is 32.4 Å². The molecule has 0 saturated heterocycles. The van der Waals surface area contributed by atoms with E-state index in [-0.39, 0.29) is 5.69 Å². The molecule has 18 heavy (non-hydrogen) atoms. The van der Waals surface area contributed by atoms with Crippen LogP contribution in [-0.2, 0) is 25.4 Å². The van der Waals surface area contributed by atoms with Gasteiger partial charge in [0.1, 0.15) is 10.8 Å². The van der Waals surface area contributed by atoms with Crippen molar-refractivity contribution < 1.29 is 0 Å². The van der Waals surface area contributed by atoms with E-state index >= 15 is 0 Å². The van der Waals surface area contributed by atoms with Gasteiger partial charge in [0.05, 0.1) is 18.1 Å². The largest absolute Gasteiger partial charge is 0.346 e. The maximum Gasteiger partial charge on any atom is 0.346 e. The van der Waals surface area contributed by atoms with Gasteiger partial charge in [0.25, 0.3) is 0 Å². The Labute approximate surface area is 113 Å². The van der Waals surface area contributed by atoms with Crippen LogP contribution < -0.4 is 5.69 Å². The van der Waals surface area contributed by atoms with Gasteiger partial charge in [0, 0.05) is 18.3 Å². The molecule has 0 atom stereocenters. The normalized spacial score (nSPS) is 14.7. The van der Waals surface area contributed by atoms with E-state index < -0.39 is 0 Å². The number of rotatable bonds is 3. The summed E-state index contributed by atoms with van der Waals surface area (Å²) in [4.78, 5) is 16.5. The second kappa shape index (κ2) is 4.85. The molecule has 0 N–H and O–H groups in total. The van der Waals surface area contributed by atoms with Crippen molar-refractivity contribution in [2.75, 3.05) is 0 Å². The average Bonchev–Trinajstić information content (AvgIpc) is 2.97. The summed E-state index contributed by atoms with van der Waals surface area (Å²) >= 11 is 7.23. The zero-order valence-corrected chi connectivity index (χ0v) is 11.4. The Morgan fingerprint density at radius 1 is 1.44 bits per heavy atom. The predicted octanol–water partition coefficient (Wildman–Crippen LogP) is 1.62. The van der Waals surface area contributed by atoms with Crippen molar-refractivity contribution >= 4 is 22.9 Å². The molecule has 5 nitrogen and oxygen atoms in total. The van der Waals surface area contributed by atoms with Crippen molar-refractivity contribution in [3.63, 3.8) is 0 Å². The van der Waals surface area contributed by atoms with Gasteiger partial charge in [-0.1, -0.05) is 0 Å². The molecule has 0 bridgehead atoms. The summed E-state index contributed by atoms with van der Waals surface area (Å²) in [6, 6.07) is 0. The number of alkyl halides is 1. The van der Waals surface area contributed by atoms with Crippen LogP contribution in [0.3, 0.4) is 0 Å². The topological polar surface area (TPSA) is 52.7 Å². The second-order valence-electron chi connectivity index (χ2n) is 4.33. The first-order valence-electron chi connectivity index (χ1n) is 5.93. The second-order valence-corrected chi connectivity index (χ2v) is 5.54. The molecule has 3 heterocycles. The molecule has 2 aromatic rings. The van der Waals surface area contributed by atoms with Crippen LogP contribution in [0.4, 0.5) is 0 Å². The summed E-state index contributed by atoms with van der Waals surface area (Å²) in [5, 5.41) is 7.18. The summed E-state index contributed by atoms with van der Waals surface area (Å²) in [5.41, 5.74) is 0.834. The van der Waals surface area contributed by atoms with Crippen molar-refractivity contribution in [3.8, 4) is 0 Å². The van der Waals surface area contributed by atoms with E-state index in [4.69, 9.17) is 11.6 Å². The molecule has 1 aliphatic rings. The van der Waals surface area contributed by atoms with Crippen LogP contribution >= 0.6 is 22.9 Å². The highest BCUT2D eigenvalue weighted by Crippen LogP contribution is 2.13. The molecule has 1 aliphatic heterocycles. The van der Waals surface area contributed by atoms with Crippen molar-refractivity contribution in [2.45, 2.75) is 38.2 Å². The maximum atomic E-state index is 12.1. The fraction of sp³-hybridized carbons (Fsp3) is 0.545. The third-order valence-electron chi connectivity index (χ3n) is 3.05. The molecule has 96 valence electrons. The Morgan fingerprint density at radius 2 is 2.33 bits per heavy atom. The molecule has 7 heteroatoms. The van der Waals surface area contributed by atoms with E-state index in [1.165, 1.54) is 16.0 Å². The lowest BCUT2D eigenvalue weighted by atomic mass is 10.2. The van der Waals surface area contributed by atoms with E-state index in [0.717, 1.165) is 42.3 Å². The number of aryl methyl sites for hydroxylation is 1. The Morgan fingerprint density at radius 3 is 3.06 bits per heavy atom. The molecule has 3 rings (SSSR count). The van der Waals surface area contributed by atoms with Gasteiger partial charge in [-0.3, -0.25) is 4.57 Å². The quantitative estimate of drug-likeness (QED) is 0.805. The van der Waals surface area contributed by atoms with E-state index in [9.17, 15) is 4.79 Å². The van der Waals surface area contributed by atoms with Crippen LogP contribution in [0.2, 0.25) is 0 Å². The lowest BCUT2D eigenvalue weighted by Crippen LogP contribution is -2.27. The monoisotopic (exact) mass is 284 g/mol. The minimum atomic E-state index is -0.0210. The Bertz CT molecular complexity index is 615. The third-order valence-corrected chi connectivity index (χ3v) is 4.21. The number of hydrogen-bond acceptors (Lipinski definition) is 4. The lowest BCUT2D eigenvalue weighted by molar-refractivity contribution is 0.511. The van der Waals surface area contributed by atoms with Gasteiger partial charge in [0.2, 0.25) is 0 Å². The Hall–Kier alpha value is -1.14. The van der Waals surface area contributed by atoms with E-state index in [1.807, 2.05) is 5.38 Å². The molecule has 0 aromatic carbocycles. The summed E-state index contributed by atoms with van der Waals surface area (Å²) in [6.45, 7) is 1.24. The van der Waals surface area contributed by atoms with Crippen LogP contribution in [0.25, 0.3) is 0 Å². The maximum absolute atomic E-state index is 12.1. The zero-order valence-electron chi connectivity index (χ0n) is 9.80. The van der Waals surface area contributed by atoms with Gasteiger partial charge in [-0.25, -0.2) is 14.5 Å². The van der Waals surface area contributed by atoms with E-state index in [1.54, 1.807) is 4.57 Å². The molecule has 0 spiro atoms. The summed E-state index contributed by atoms with van der Waals surface area (Å²) in [5.74, 6) is 1.31. The smallest absolute Gasteiger partial charge is 0.279 e. The molecule has 2 aromatic heterocycles. The number of nitrogens with zero attached hydrogens (tertiary/aromatic N) is 4. The zero-order chi connectivity index (χ0) is 12.5. The van der Waals surface area contributed by atoms with Crippen LogP contribution in [0.5, 0.6) is 0 Å².